The first-order valence-electron chi connectivity index (χ1n) is 7.36. The molecule has 0 spiro atoms. The van der Waals surface area contributed by atoms with E-state index >= 15 is 0 Å². The molecule has 0 aromatic carbocycles. The maximum atomic E-state index is 12.2. The molecule has 1 aliphatic heterocycles. The van der Waals surface area contributed by atoms with E-state index in [4.69, 9.17) is 0 Å². The highest BCUT2D eigenvalue weighted by atomic mass is 16.2. The second kappa shape index (κ2) is 7.24. The van der Waals surface area contributed by atoms with Gasteiger partial charge in [-0.25, -0.2) is 0 Å². The Hall–Kier alpha value is -1.62. The van der Waals surface area contributed by atoms with Crippen molar-refractivity contribution in [3.05, 3.63) is 34.7 Å². The van der Waals surface area contributed by atoms with Crippen molar-refractivity contribution >= 4 is 5.91 Å². The van der Waals surface area contributed by atoms with Crippen LogP contribution in [-0.4, -0.2) is 41.1 Å². The van der Waals surface area contributed by atoms with E-state index in [9.17, 15) is 9.59 Å². The Labute approximate surface area is 119 Å². The smallest absolute Gasteiger partial charge is 0.250 e. The van der Waals surface area contributed by atoms with Crippen molar-refractivity contribution < 1.29 is 4.79 Å². The van der Waals surface area contributed by atoms with Crippen molar-refractivity contribution in [2.45, 2.75) is 38.8 Å². The van der Waals surface area contributed by atoms with E-state index in [-0.39, 0.29) is 17.5 Å². The molecule has 1 saturated heterocycles. The van der Waals surface area contributed by atoms with Crippen LogP contribution in [0.1, 0.15) is 26.2 Å². The summed E-state index contributed by atoms with van der Waals surface area (Å²) >= 11 is 0. The van der Waals surface area contributed by atoms with Crippen LogP contribution in [0, 0.1) is 0 Å². The molecular formula is C15H23N3O2. The van der Waals surface area contributed by atoms with Gasteiger partial charge in [-0.05, 0) is 32.3 Å². The van der Waals surface area contributed by atoms with Gasteiger partial charge in [0.05, 0.1) is 6.04 Å². The van der Waals surface area contributed by atoms with Gasteiger partial charge >= 0.3 is 0 Å². The number of hydrogen-bond donors (Lipinski definition) is 1. The van der Waals surface area contributed by atoms with Gasteiger partial charge in [0.1, 0.15) is 0 Å². The van der Waals surface area contributed by atoms with Crippen LogP contribution in [0.3, 0.4) is 0 Å². The summed E-state index contributed by atoms with van der Waals surface area (Å²) in [5.41, 5.74) is -0.00990. The highest BCUT2D eigenvalue weighted by Gasteiger charge is 2.21. The van der Waals surface area contributed by atoms with Crippen LogP contribution >= 0.6 is 0 Å². The normalized spacial score (nSPS) is 16.9. The molecule has 1 aromatic rings. The predicted molar refractivity (Wildman–Crippen MR) is 78.6 cm³/mol. The molecule has 1 aromatic heterocycles. The molecule has 5 nitrogen and oxygen atoms in total. The largest absolute Gasteiger partial charge is 0.341 e. The van der Waals surface area contributed by atoms with Crippen LogP contribution in [0.15, 0.2) is 29.2 Å². The van der Waals surface area contributed by atoms with Gasteiger partial charge in [0.25, 0.3) is 5.56 Å². The first-order chi connectivity index (χ1) is 9.68. The molecule has 0 aliphatic carbocycles. The van der Waals surface area contributed by atoms with Crippen molar-refractivity contribution in [1.29, 1.82) is 0 Å². The molecule has 0 bridgehead atoms. The zero-order valence-electron chi connectivity index (χ0n) is 12.0. The van der Waals surface area contributed by atoms with Crippen molar-refractivity contribution in [2.75, 3.05) is 19.6 Å². The number of pyridine rings is 1. The lowest BCUT2D eigenvalue weighted by atomic mass is 10.1. The topological polar surface area (TPSA) is 54.3 Å². The van der Waals surface area contributed by atoms with Crippen LogP contribution in [0.2, 0.25) is 0 Å². The fourth-order valence-electron chi connectivity index (χ4n) is 2.52. The molecule has 1 aliphatic rings. The van der Waals surface area contributed by atoms with Crippen molar-refractivity contribution in [3.8, 4) is 0 Å². The fourth-order valence-corrected chi connectivity index (χ4v) is 2.52. The first kappa shape index (κ1) is 14.8. The summed E-state index contributed by atoms with van der Waals surface area (Å²) in [5, 5.41) is 3.20. The van der Waals surface area contributed by atoms with Crippen molar-refractivity contribution in [2.24, 2.45) is 0 Å². The van der Waals surface area contributed by atoms with Gasteiger partial charge in [-0.3, -0.25) is 9.59 Å². The number of carbonyl (C=O) groups is 1. The van der Waals surface area contributed by atoms with Gasteiger partial charge in [0.2, 0.25) is 5.91 Å². The van der Waals surface area contributed by atoms with Crippen molar-refractivity contribution in [3.63, 3.8) is 0 Å². The molecule has 2 heterocycles. The molecule has 20 heavy (non-hydrogen) atoms. The van der Waals surface area contributed by atoms with Crippen LogP contribution in [0.5, 0.6) is 0 Å². The lowest BCUT2D eigenvalue weighted by molar-refractivity contribution is -0.133. The summed E-state index contributed by atoms with van der Waals surface area (Å²) in [7, 11) is 0. The Morgan fingerprint density at radius 2 is 2.05 bits per heavy atom. The van der Waals surface area contributed by atoms with Crippen LogP contribution in [0.25, 0.3) is 0 Å². The van der Waals surface area contributed by atoms with Gasteiger partial charge in [0, 0.05) is 38.4 Å². The molecule has 1 amide bonds. The third-order valence-electron chi connectivity index (χ3n) is 3.74. The molecule has 1 unspecified atom stereocenters. The number of rotatable bonds is 5. The van der Waals surface area contributed by atoms with Gasteiger partial charge in [0.15, 0.2) is 0 Å². The number of likely N-dealkylation sites (tertiary alicyclic amines) is 1. The Balaban J connectivity index is 1.77. The van der Waals surface area contributed by atoms with Gasteiger partial charge < -0.3 is 14.8 Å². The highest BCUT2D eigenvalue weighted by Crippen LogP contribution is 2.09. The molecule has 110 valence electrons. The molecule has 0 radical (unpaired) electrons. The number of piperidine rings is 1. The minimum atomic E-state index is -0.187. The minimum Gasteiger partial charge on any atom is -0.341 e. The number of aromatic nitrogens is 1. The monoisotopic (exact) mass is 277 g/mol. The highest BCUT2D eigenvalue weighted by molar-refractivity contribution is 5.81. The number of hydrogen-bond acceptors (Lipinski definition) is 3. The first-order valence-corrected chi connectivity index (χ1v) is 7.36. The van der Waals surface area contributed by atoms with Crippen molar-refractivity contribution in [1.82, 2.24) is 14.8 Å². The SMILES string of the molecule is CC(NCCn1ccccc1=O)C(=O)N1CCCCC1. The average Bonchev–Trinajstić information content (AvgIpc) is 2.49. The summed E-state index contributed by atoms with van der Waals surface area (Å²) in [5.74, 6) is 0.171. The standard InChI is InChI=1S/C15H23N3O2/c1-13(15(20)18-10-4-2-5-11-18)16-8-12-17-9-6-3-7-14(17)19/h3,6-7,9,13,16H,2,4-5,8,10-12H2,1H3. The van der Waals surface area contributed by atoms with Crippen LogP contribution in [0.4, 0.5) is 0 Å². The maximum absolute atomic E-state index is 12.2. The van der Waals surface area contributed by atoms with E-state index in [0.29, 0.717) is 13.1 Å². The Kier molecular flexibility index (Phi) is 5.35. The molecule has 2 rings (SSSR count). The molecule has 1 N–H and O–H groups in total. The van der Waals surface area contributed by atoms with E-state index < -0.39 is 0 Å². The zero-order chi connectivity index (χ0) is 14.4. The molecule has 1 atom stereocenters. The van der Waals surface area contributed by atoms with E-state index in [1.807, 2.05) is 17.9 Å². The fraction of sp³-hybridized carbons (Fsp3) is 0.600. The van der Waals surface area contributed by atoms with Crippen LogP contribution in [-0.2, 0) is 11.3 Å². The summed E-state index contributed by atoms with van der Waals surface area (Å²) in [4.78, 5) is 25.7. The number of carbonyl (C=O) groups excluding carboxylic acids is 1. The number of nitrogens with one attached hydrogen (secondary N) is 1. The Morgan fingerprint density at radius 3 is 2.75 bits per heavy atom. The zero-order valence-corrected chi connectivity index (χ0v) is 12.0. The summed E-state index contributed by atoms with van der Waals surface area (Å²) in [6.45, 7) is 4.85. The molecule has 5 heteroatoms. The summed E-state index contributed by atoms with van der Waals surface area (Å²) in [6, 6.07) is 4.92. The summed E-state index contributed by atoms with van der Waals surface area (Å²) in [6.07, 6.45) is 5.21. The Bertz CT molecular complexity index is 492. The van der Waals surface area contributed by atoms with Gasteiger partial charge in [-0.15, -0.1) is 0 Å². The predicted octanol–water partition coefficient (Wildman–Crippen LogP) is 0.839. The summed E-state index contributed by atoms with van der Waals surface area (Å²) < 4.78 is 1.64. The van der Waals surface area contributed by atoms with E-state index in [0.717, 1.165) is 25.9 Å². The van der Waals surface area contributed by atoms with E-state index in [1.165, 1.54) is 6.42 Å². The average molecular weight is 277 g/mol. The van der Waals surface area contributed by atoms with E-state index in [2.05, 4.69) is 5.32 Å². The van der Waals surface area contributed by atoms with Gasteiger partial charge in [-0.2, -0.15) is 0 Å². The Morgan fingerprint density at radius 1 is 1.30 bits per heavy atom. The lowest BCUT2D eigenvalue weighted by Crippen LogP contribution is -2.47. The third-order valence-corrected chi connectivity index (χ3v) is 3.74. The molecule has 0 saturated carbocycles. The number of nitrogens with zero attached hydrogens (tertiary/aromatic N) is 2. The lowest BCUT2D eigenvalue weighted by Gasteiger charge is -2.29. The molecule has 1 fully saturated rings. The third kappa shape index (κ3) is 3.93. The van der Waals surface area contributed by atoms with E-state index in [1.54, 1.807) is 22.9 Å². The second-order valence-corrected chi connectivity index (χ2v) is 5.29. The molecular weight excluding hydrogens is 254 g/mol. The second-order valence-electron chi connectivity index (χ2n) is 5.29. The number of amides is 1. The van der Waals surface area contributed by atoms with Gasteiger partial charge in [-0.1, -0.05) is 6.07 Å². The quantitative estimate of drug-likeness (QED) is 0.867. The van der Waals surface area contributed by atoms with Crippen LogP contribution < -0.4 is 10.9 Å². The maximum Gasteiger partial charge on any atom is 0.250 e. The minimum absolute atomic E-state index is 0.00990.